The van der Waals surface area contributed by atoms with E-state index in [2.05, 4.69) is 26.6 Å². The van der Waals surface area contributed by atoms with Crippen molar-refractivity contribution in [3.8, 4) is 0 Å². The van der Waals surface area contributed by atoms with Crippen molar-refractivity contribution in [3.05, 3.63) is 69.4 Å². The average Bonchev–Trinajstić information content (AvgIpc) is 2.51. The molecule has 0 spiro atoms. The third-order valence-electron chi connectivity index (χ3n) is 3.09. The van der Waals surface area contributed by atoms with Crippen molar-refractivity contribution in [1.29, 1.82) is 0 Å². The molecule has 0 aliphatic heterocycles. The summed E-state index contributed by atoms with van der Waals surface area (Å²) in [5, 5.41) is 5.87. The molecule has 0 heterocycles. The van der Waals surface area contributed by atoms with E-state index in [0.717, 1.165) is 11.1 Å². The van der Waals surface area contributed by atoms with Crippen LogP contribution >= 0.6 is 15.9 Å². The summed E-state index contributed by atoms with van der Waals surface area (Å²) in [4.78, 5) is 11.4. The SMILES string of the molecule is CNC(=O)c1ccc(CNCc2ccc(F)c(Br)c2)cc1. The molecule has 0 bridgehead atoms. The number of rotatable bonds is 5. The quantitative estimate of drug-likeness (QED) is 0.868. The number of amides is 1. The maximum atomic E-state index is 13.1. The second-order valence-electron chi connectivity index (χ2n) is 4.63. The van der Waals surface area contributed by atoms with Crippen LogP contribution in [0.5, 0.6) is 0 Å². The summed E-state index contributed by atoms with van der Waals surface area (Å²) in [6, 6.07) is 12.4. The van der Waals surface area contributed by atoms with Crippen LogP contribution in [0.25, 0.3) is 0 Å². The number of benzene rings is 2. The first-order valence-corrected chi connectivity index (χ1v) is 7.35. The Hall–Kier alpha value is -1.72. The molecule has 1 amide bonds. The monoisotopic (exact) mass is 350 g/mol. The molecule has 2 rings (SSSR count). The normalized spacial score (nSPS) is 10.4. The molecule has 110 valence electrons. The van der Waals surface area contributed by atoms with Gasteiger partial charge in [-0.05, 0) is 51.3 Å². The standard InChI is InChI=1S/C16H16BrFN2O/c1-19-16(21)13-5-2-11(3-6-13)9-20-10-12-4-7-15(18)14(17)8-12/h2-8,20H,9-10H2,1H3,(H,19,21). The van der Waals surface area contributed by atoms with Crippen LogP contribution in [0.1, 0.15) is 21.5 Å². The smallest absolute Gasteiger partial charge is 0.251 e. The van der Waals surface area contributed by atoms with Crippen LogP contribution in [0.2, 0.25) is 0 Å². The molecule has 0 aliphatic carbocycles. The minimum absolute atomic E-state index is 0.0920. The number of hydrogen-bond donors (Lipinski definition) is 2. The van der Waals surface area contributed by atoms with Gasteiger partial charge in [-0.3, -0.25) is 4.79 Å². The highest BCUT2D eigenvalue weighted by atomic mass is 79.9. The molecular formula is C16H16BrFN2O. The van der Waals surface area contributed by atoms with Crippen LogP contribution in [0, 0.1) is 5.82 Å². The Kier molecular flexibility index (Phi) is 5.47. The molecule has 0 unspecified atom stereocenters. The van der Waals surface area contributed by atoms with E-state index in [1.807, 2.05) is 12.1 Å². The van der Waals surface area contributed by atoms with Gasteiger partial charge in [-0.1, -0.05) is 18.2 Å². The predicted octanol–water partition coefficient (Wildman–Crippen LogP) is 3.24. The van der Waals surface area contributed by atoms with Gasteiger partial charge in [0.2, 0.25) is 0 Å². The van der Waals surface area contributed by atoms with Gasteiger partial charge in [-0.2, -0.15) is 0 Å². The molecule has 3 nitrogen and oxygen atoms in total. The summed E-state index contributed by atoms with van der Waals surface area (Å²) < 4.78 is 13.6. The molecule has 0 atom stereocenters. The van der Waals surface area contributed by atoms with Crippen LogP contribution < -0.4 is 10.6 Å². The summed E-state index contributed by atoms with van der Waals surface area (Å²) in [5.41, 5.74) is 2.73. The van der Waals surface area contributed by atoms with E-state index < -0.39 is 0 Å². The predicted molar refractivity (Wildman–Crippen MR) is 84.5 cm³/mol. The van der Waals surface area contributed by atoms with Crippen molar-refractivity contribution in [2.75, 3.05) is 7.05 Å². The highest BCUT2D eigenvalue weighted by Crippen LogP contribution is 2.16. The summed E-state index contributed by atoms with van der Waals surface area (Å²) in [6.45, 7) is 1.33. The lowest BCUT2D eigenvalue weighted by atomic mass is 10.1. The van der Waals surface area contributed by atoms with E-state index in [9.17, 15) is 9.18 Å². The van der Waals surface area contributed by atoms with Crippen LogP contribution in [-0.2, 0) is 13.1 Å². The molecule has 0 fully saturated rings. The van der Waals surface area contributed by atoms with Gasteiger partial charge in [0.25, 0.3) is 5.91 Å². The number of halogens is 2. The topological polar surface area (TPSA) is 41.1 Å². The van der Waals surface area contributed by atoms with E-state index in [1.165, 1.54) is 6.07 Å². The first kappa shape index (κ1) is 15.7. The molecule has 21 heavy (non-hydrogen) atoms. The summed E-state index contributed by atoms with van der Waals surface area (Å²) in [7, 11) is 1.61. The Morgan fingerprint density at radius 1 is 1.10 bits per heavy atom. The summed E-state index contributed by atoms with van der Waals surface area (Å²) in [6.07, 6.45) is 0. The fraction of sp³-hybridized carbons (Fsp3) is 0.188. The van der Waals surface area contributed by atoms with Gasteiger partial charge in [0.15, 0.2) is 0 Å². The van der Waals surface area contributed by atoms with Crippen LogP contribution in [0.3, 0.4) is 0 Å². The zero-order chi connectivity index (χ0) is 15.2. The lowest BCUT2D eigenvalue weighted by molar-refractivity contribution is 0.0963. The van der Waals surface area contributed by atoms with Gasteiger partial charge in [0.05, 0.1) is 4.47 Å². The molecule has 5 heteroatoms. The largest absolute Gasteiger partial charge is 0.355 e. The Labute approximate surface area is 131 Å². The van der Waals surface area contributed by atoms with Gasteiger partial charge in [-0.15, -0.1) is 0 Å². The van der Waals surface area contributed by atoms with E-state index in [0.29, 0.717) is 23.1 Å². The second-order valence-corrected chi connectivity index (χ2v) is 5.48. The highest BCUT2D eigenvalue weighted by molar-refractivity contribution is 9.10. The molecule has 2 aromatic rings. The summed E-state index contributed by atoms with van der Waals surface area (Å²) in [5.74, 6) is -0.353. The second kappa shape index (κ2) is 7.33. The van der Waals surface area contributed by atoms with Gasteiger partial charge in [0.1, 0.15) is 5.82 Å². The van der Waals surface area contributed by atoms with Gasteiger partial charge in [-0.25, -0.2) is 4.39 Å². The van der Waals surface area contributed by atoms with Crippen LogP contribution in [0.4, 0.5) is 4.39 Å². The molecule has 0 aliphatic rings. The van der Waals surface area contributed by atoms with Crippen molar-refractivity contribution in [2.45, 2.75) is 13.1 Å². The van der Waals surface area contributed by atoms with Gasteiger partial charge in [0, 0.05) is 25.7 Å². The number of nitrogens with one attached hydrogen (secondary N) is 2. The minimum atomic E-state index is -0.261. The van der Waals surface area contributed by atoms with Crippen molar-refractivity contribution in [2.24, 2.45) is 0 Å². The number of carbonyl (C=O) groups is 1. The molecule has 0 aromatic heterocycles. The molecule has 0 saturated heterocycles. The van der Waals surface area contributed by atoms with Crippen LogP contribution in [-0.4, -0.2) is 13.0 Å². The Morgan fingerprint density at radius 3 is 2.33 bits per heavy atom. The first-order chi connectivity index (χ1) is 10.1. The van der Waals surface area contributed by atoms with E-state index in [4.69, 9.17) is 0 Å². The Bertz CT molecular complexity index is 629. The third-order valence-corrected chi connectivity index (χ3v) is 3.69. The molecule has 0 radical (unpaired) electrons. The van der Waals surface area contributed by atoms with Crippen molar-refractivity contribution in [1.82, 2.24) is 10.6 Å². The lowest BCUT2D eigenvalue weighted by Crippen LogP contribution is -2.18. The zero-order valence-electron chi connectivity index (χ0n) is 11.6. The average molecular weight is 351 g/mol. The fourth-order valence-electron chi connectivity index (χ4n) is 1.92. The molecular weight excluding hydrogens is 335 g/mol. The zero-order valence-corrected chi connectivity index (χ0v) is 13.2. The van der Waals surface area contributed by atoms with Crippen LogP contribution in [0.15, 0.2) is 46.9 Å². The maximum Gasteiger partial charge on any atom is 0.251 e. The van der Waals surface area contributed by atoms with Gasteiger partial charge < -0.3 is 10.6 Å². The Morgan fingerprint density at radius 2 is 1.71 bits per heavy atom. The molecule has 0 saturated carbocycles. The van der Waals surface area contributed by atoms with Crippen molar-refractivity contribution in [3.63, 3.8) is 0 Å². The molecule has 2 aromatic carbocycles. The van der Waals surface area contributed by atoms with Crippen molar-refractivity contribution < 1.29 is 9.18 Å². The molecule has 2 N–H and O–H groups in total. The Balaban J connectivity index is 1.88. The lowest BCUT2D eigenvalue weighted by Gasteiger charge is -2.07. The van der Waals surface area contributed by atoms with Gasteiger partial charge >= 0.3 is 0 Å². The third kappa shape index (κ3) is 4.37. The summed E-state index contributed by atoms with van der Waals surface area (Å²) >= 11 is 3.17. The number of hydrogen-bond acceptors (Lipinski definition) is 2. The maximum absolute atomic E-state index is 13.1. The van der Waals surface area contributed by atoms with E-state index in [1.54, 1.807) is 31.3 Å². The van der Waals surface area contributed by atoms with E-state index in [-0.39, 0.29) is 11.7 Å². The van der Waals surface area contributed by atoms with Crippen molar-refractivity contribution >= 4 is 21.8 Å². The highest BCUT2D eigenvalue weighted by Gasteiger charge is 2.03. The van der Waals surface area contributed by atoms with E-state index >= 15 is 0 Å². The fourth-order valence-corrected chi connectivity index (χ4v) is 2.35. The minimum Gasteiger partial charge on any atom is -0.355 e. The number of carbonyl (C=O) groups excluding carboxylic acids is 1. The first-order valence-electron chi connectivity index (χ1n) is 6.56.